The molecular formula is C18H25N5O3. The SMILES string of the molecule is CC(=O)N[C@H]1[C@H](NC2CCN(C(=O)c3cnccn3)CC2)[C@@H]2CCO[C@@H]21. The second-order valence-corrected chi connectivity index (χ2v) is 7.36. The number of nitrogens with zero attached hydrogens (tertiary/aromatic N) is 3. The molecule has 140 valence electrons. The van der Waals surface area contributed by atoms with Crippen LogP contribution in [-0.2, 0) is 9.53 Å². The summed E-state index contributed by atoms with van der Waals surface area (Å²) >= 11 is 0. The molecule has 4 rings (SSSR count). The Balaban J connectivity index is 1.31. The summed E-state index contributed by atoms with van der Waals surface area (Å²) in [6.07, 6.45) is 7.61. The normalized spacial score (nSPS) is 31.2. The lowest BCUT2D eigenvalue weighted by atomic mass is 9.71. The van der Waals surface area contributed by atoms with Crippen LogP contribution in [0.5, 0.6) is 0 Å². The molecule has 4 atom stereocenters. The fourth-order valence-corrected chi connectivity index (χ4v) is 4.43. The number of hydrogen-bond acceptors (Lipinski definition) is 6. The summed E-state index contributed by atoms with van der Waals surface area (Å²) in [5.41, 5.74) is 0.398. The van der Waals surface area contributed by atoms with Gasteiger partial charge in [0.05, 0.1) is 18.3 Å². The highest BCUT2D eigenvalue weighted by atomic mass is 16.5. The van der Waals surface area contributed by atoms with Crippen molar-refractivity contribution < 1.29 is 14.3 Å². The maximum absolute atomic E-state index is 12.5. The molecule has 1 aromatic heterocycles. The quantitative estimate of drug-likeness (QED) is 0.783. The van der Waals surface area contributed by atoms with Crippen LogP contribution >= 0.6 is 0 Å². The summed E-state index contributed by atoms with van der Waals surface area (Å²) in [6.45, 7) is 3.73. The molecule has 1 aliphatic carbocycles. The number of fused-ring (bicyclic) bond motifs is 1. The van der Waals surface area contributed by atoms with Crippen LogP contribution in [0, 0.1) is 5.92 Å². The first kappa shape index (κ1) is 17.4. The van der Waals surface area contributed by atoms with Gasteiger partial charge in [-0.25, -0.2) is 4.98 Å². The van der Waals surface area contributed by atoms with E-state index in [-0.39, 0.29) is 30.0 Å². The predicted octanol–water partition coefficient (Wildman–Crippen LogP) is -0.0372. The molecule has 3 fully saturated rings. The van der Waals surface area contributed by atoms with E-state index in [4.69, 9.17) is 4.74 Å². The molecule has 2 N–H and O–H groups in total. The summed E-state index contributed by atoms with van der Waals surface area (Å²) in [6, 6.07) is 0.668. The summed E-state index contributed by atoms with van der Waals surface area (Å²) in [4.78, 5) is 33.8. The number of likely N-dealkylation sites (tertiary alicyclic amines) is 1. The van der Waals surface area contributed by atoms with Crippen LogP contribution < -0.4 is 10.6 Å². The van der Waals surface area contributed by atoms with Gasteiger partial charge in [0.25, 0.3) is 5.91 Å². The highest BCUT2D eigenvalue weighted by Crippen LogP contribution is 2.39. The second kappa shape index (κ2) is 7.28. The minimum atomic E-state index is -0.0550. The fourth-order valence-electron chi connectivity index (χ4n) is 4.43. The average Bonchev–Trinajstić information content (AvgIpc) is 3.09. The smallest absolute Gasteiger partial charge is 0.274 e. The molecule has 0 aromatic carbocycles. The number of aromatic nitrogens is 2. The van der Waals surface area contributed by atoms with Gasteiger partial charge in [0.1, 0.15) is 5.69 Å². The van der Waals surface area contributed by atoms with Crippen molar-refractivity contribution in [2.24, 2.45) is 5.92 Å². The first-order valence-corrected chi connectivity index (χ1v) is 9.33. The van der Waals surface area contributed by atoms with E-state index in [9.17, 15) is 9.59 Å². The third kappa shape index (κ3) is 3.31. The minimum absolute atomic E-state index is 0.0138. The monoisotopic (exact) mass is 359 g/mol. The van der Waals surface area contributed by atoms with Gasteiger partial charge in [0.2, 0.25) is 5.91 Å². The Labute approximate surface area is 152 Å². The number of carbonyl (C=O) groups is 2. The van der Waals surface area contributed by atoms with Crippen molar-refractivity contribution >= 4 is 11.8 Å². The summed E-state index contributed by atoms with van der Waals surface area (Å²) in [5.74, 6) is 0.409. The number of nitrogens with one attached hydrogen (secondary N) is 2. The highest BCUT2D eigenvalue weighted by molar-refractivity contribution is 5.92. The first-order valence-electron chi connectivity index (χ1n) is 9.33. The molecule has 1 saturated carbocycles. The Hall–Kier alpha value is -2.06. The molecule has 0 bridgehead atoms. The molecule has 3 aliphatic rings. The molecule has 3 heterocycles. The first-order chi connectivity index (χ1) is 12.6. The number of rotatable bonds is 4. The van der Waals surface area contributed by atoms with Gasteiger partial charge in [-0.05, 0) is 19.3 Å². The van der Waals surface area contributed by atoms with E-state index in [0.29, 0.717) is 30.7 Å². The standard InChI is InChI=1S/C18H25N5O3/c1-11(24)21-16-15(13-4-9-26-17(13)16)22-12-2-7-23(8-3-12)18(25)14-10-19-5-6-20-14/h5-6,10,12-13,15-17,22H,2-4,7-9H2,1H3,(H,21,24)/t13-,15+,16-,17-/m0/s1. The Kier molecular flexibility index (Phi) is 4.86. The molecule has 0 unspecified atom stereocenters. The third-order valence-corrected chi connectivity index (χ3v) is 5.75. The molecule has 1 aromatic rings. The van der Waals surface area contributed by atoms with E-state index >= 15 is 0 Å². The van der Waals surface area contributed by atoms with Gasteiger partial charge in [0, 0.05) is 57.0 Å². The van der Waals surface area contributed by atoms with Crippen LogP contribution in [0.4, 0.5) is 0 Å². The van der Waals surface area contributed by atoms with E-state index in [1.54, 1.807) is 19.3 Å². The van der Waals surface area contributed by atoms with Gasteiger partial charge in [-0.3, -0.25) is 14.6 Å². The summed E-state index contributed by atoms with van der Waals surface area (Å²) in [7, 11) is 0. The average molecular weight is 359 g/mol. The van der Waals surface area contributed by atoms with Gasteiger partial charge in [-0.15, -0.1) is 0 Å². The van der Waals surface area contributed by atoms with Crippen LogP contribution in [0.15, 0.2) is 18.6 Å². The van der Waals surface area contributed by atoms with Crippen molar-refractivity contribution in [1.82, 2.24) is 25.5 Å². The molecule has 0 spiro atoms. The summed E-state index contributed by atoms with van der Waals surface area (Å²) in [5, 5.41) is 6.75. The molecule has 8 heteroatoms. The maximum Gasteiger partial charge on any atom is 0.274 e. The number of carbonyl (C=O) groups excluding carboxylic acids is 2. The molecule has 2 amide bonds. The Bertz CT molecular complexity index is 662. The van der Waals surface area contributed by atoms with Gasteiger partial charge in [-0.1, -0.05) is 0 Å². The second-order valence-electron chi connectivity index (χ2n) is 7.36. The van der Waals surface area contributed by atoms with Crippen molar-refractivity contribution in [3.63, 3.8) is 0 Å². The van der Waals surface area contributed by atoms with E-state index < -0.39 is 0 Å². The lowest BCUT2D eigenvalue weighted by Crippen LogP contribution is -2.71. The zero-order valence-electron chi connectivity index (χ0n) is 14.9. The third-order valence-electron chi connectivity index (χ3n) is 5.75. The molecule has 2 aliphatic heterocycles. The number of amides is 2. The van der Waals surface area contributed by atoms with E-state index in [0.717, 1.165) is 25.9 Å². The van der Waals surface area contributed by atoms with Crippen molar-refractivity contribution in [2.45, 2.75) is 50.4 Å². The summed E-state index contributed by atoms with van der Waals surface area (Å²) < 4.78 is 5.76. The fraction of sp³-hybridized carbons (Fsp3) is 0.667. The number of piperidine rings is 1. The van der Waals surface area contributed by atoms with Crippen molar-refractivity contribution in [2.75, 3.05) is 19.7 Å². The van der Waals surface area contributed by atoms with Crippen LogP contribution in [0.2, 0.25) is 0 Å². The lowest BCUT2D eigenvalue weighted by molar-refractivity contribution is -0.124. The number of ether oxygens (including phenoxy) is 1. The molecule has 2 saturated heterocycles. The van der Waals surface area contributed by atoms with Crippen LogP contribution in [0.1, 0.15) is 36.7 Å². The van der Waals surface area contributed by atoms with Crippen LogP contribution in [-0.4, -0.2) is 70.6 Å². The topological polar surface area (TPSA) is 96.5 Å². The van der Waals surface area contributed by atoms with Crippen molar-refractivity contribution in [3.8, 4) is 0 Å². The zero-order chi connectivity index (χ0) is 18.1. The van der Waals surface area contributed by atoms with Crippen molar-refractivity contribution in [3.05, 3.63) is 24.3 Å². The van der Waals surface area contributed by atoms with Crippen molar-refractivity contribution in [1.29, 1.82) is 0 Å². The van der Waals surface area contributed by atoms with E-state index in [1.165, 1.54) is 6.20 Å². The Morgan fingerprint density at radius 1 is 1.19 bits per heavy atom. The minimum Gasteiger partial charge on any atom is -0.376 e. The number of hydrogen-bond donors (Lipinski definition) is 2. The van der Waals surface area contributed by atoms with Crippen LogP contribution in [0.25, 0.3) is 0 Å². The zero-order valence-corrected chi connectivity index (χ0v) is 14.9. The Morgan fingerprint density at radius 2 is 2.00 bits per heavy atom. The van der Waals surface area contributed by atoms with Gasteiger partial charge in [0.15, 0.2) is 0 Å². The van der Waals surface area contributed by atoms with Crippen LogP contribution in [0.3, 0.4) is 0 Å². The largest absolute Gasteiger partial charge is 0.376 e. The lowest BCUT2D eigenvalue weighted by Gasteiger charge is -2.50. The molecular weight excluding hydrogens is 334 g/mol. The Morgan fingerprint density at radius 3 is 2.69 bits per heavy atom. The van der Waals surface area contributed by atoms with E-state index in [2.05, 4.69) is 20.6 Å². The molecule has 26 heavy (non-hydrogen) atoms. The highest BCUT2D eigenvalue weighted by Gasteiger charge is 2.54. The molecule has 0 radical (unpaired) electrons. The van der Waals surface area contributed by atoms with Gasteiger partial charge >= 0.3 is 0 Å². The van der Waals surface area contributed by atoms with E-state index in [1.807, 2.05) is 4.90 Å². The molecule has 8 nitrogen and oxygen atoms in total. The van der Waals surface area contributed by atoms with Gasteiger partial charge < -0.3 is 20.3 Å². The predicted molar refractivity (Wildman–Crippen MR) is 93.3 cm³/mol. The maximum atomic E-state index is 12.5. The van der Waals surface area contributed by atoms with Gasteiger partial charge in [-0.2, -0.15) is 0 Å².